The number of aryl methyl sites for hydroxylation is 3. The predicted molar refractivity (Wildman–Crippen MR) is 110 cm³/mol. The highest BCUT2D eigenvalue weighted by atomic mass is 16.2. The van der Waals surface area contributed by atoms with E-state index in [2.05, 4.69) is 33.9 Å². The van der Waals surface area contributed by atoms with E-state index in [9.17, 15) is 4.79 Å². The van der Waals surface area contributed by atoms with E-state index in [1.165, 1.54) is 17.5 Å². The van der Waals surface area contributed by atoms with Gasteiger partial charge < -0.3 is 14.8 Å². The zero-order valence-electron chi connectivity index (χ0n) is 16.2. The fraction of sp³-hybridized carbons (Fsp3) is 0.409. The van der Waals surface area contributed by atoms with Gasteiger partial charge in [0, 0.05) is 37.4 Å². The van der Waals surface area contributed by atoms with Crippen molar-refractivity contribution in [2.24, 2.45) is 0 Å². The number of nitrogens with zero attached hydrogens (tertiary/aromatic N) is 4. The largest absolute Gasteiger partial charge is 0.324 e. The fourth-order valence-electron chi connectivity index (χ4n) is 4.61. The minimum Gasteiger partial charge on any atom is -0.324 e. The van der Waals surface area contributed by atoms with Crippen LogP contribution in [0.4, 0.5) is 10.5 Å². The van der Waals surface area contributed by atoms with Gasteiger partial charge in [0.1, 0.15) is 11.3 Å². The lowest BCUT2D eigenvalue weighted by Gasteiger charge is -2.18. The molecule has 0 spiro atoms. The molecule has 0 unspecified atom stereocenters. The number of amides is 2. The van der Waals surface area contributed by atoms with Crippen LogP contribution < -0.4 is 5.32 Å². The van der Waals surface area contributed by atoms with Crippen LogP contribution in [-0.4, -0.2) is 38.6 Å². The van der Waals surface area contributed by atoms with Crippen molar-refractivity contribution in [2.75, 3.05) is 18.4 Å². The van der Waals surface area contributed by atoms with Gasteiger partial charge in [-0.3, -0.25) is 0 Å². The molecule has 1 aliphatic carbocycles. The summed E-state index contributed by atoms with van der Waals surface area (Å²) in [6, 6.07) is 10.2. The van der Waals surface area contributed by atoms with Crippen molar-refractivity contribution in [2.45, 2.75) is 45.1 Å². The summed E-state index contributed by atoms with van der Waals surface area (Å²) in [4.78, 5) is 24.0. The molecule has 6 nitrogen and oxygen atoms in total. The third kappa shape index (κ3) is 2.93. The molecule has 144 valence electrons. The van der Waals surface area contributed by atoms with E-state index < -0.39 is 0 Å². The van der Waals surface area contributed by atoms with Crippen molar-refractivity contribution in [3.8, 4) is 0 Å². The van der Waals surface area contributed by atoms with Crippen LogP contribution in [-0.2, 0) is 19.4 Å². The molecule has 1 saturated heterocycles. The highest BCUT2D eigenvalue weighted by Crippen LogP contribution is 2.30. The molecular weight excluding hydrogens is 350 g/mol. The SMILES string of the molecule is CCn1c([C@H]2CCN(C(=O)Nc3ccc4c(c3)CCC4)C2)nc2cccnc21. The monoisotopic (exact) mass is 375 g/mol. The van der Waals surface area contributed by atoms with Crippen molar-refractivity contribution in [3.63, 3.8) is 0 Å². The summed E-state index contributed by atoms with van der Waals surface area (Å²) in [5, 5.41) is 3.09. The summed E-state index contributed by atoms with van der Waals surface area (Å²) in [5.41, 5.74) is 5.56. The minimum atomic E-state index is -0.0160. The number of rotatable bonds is 3. The maximum Gasteiger partial charge on any atom is 0.321 e. The van der Waals surface area contributed by atoms with Crippen LogP contribution in [0.5, 0.6) is 0 Å². The topological polar surface area (TPSA) is 63.1 Å². The number of benzene rings is 1. The molecule has 2 aliphatic rings. The first-order chi connectivity index (χ1) is 13.7. The number of fused-ring (bicyclic) bond motifs is 2. The minimum absolute atomic E-state index is 0.0160. The molecule has 28 heavy (non-hydrogen) atoms. The Balaban J connectivity index is 1.31. The van der Waals surface area contributed by atoms with Crippen molar-refractivity contribution < 1.29 is 4.79 Å². The third-order valence-corrected chi connectivity index (χ3v) is 6.04. The summed E-state index contributed by atoms with van der Waals surface area (Å²) in [6.07, 6.45) is 6.23. The molecule has 1 N–H and O–H groups in total. The summed E-state index contributed by atoms with van der Waals surface area (Å²) in [7, 11) is 0. The van der Waals surface area contributed by atoms with Crippen LogP contribution in [0.1, 0.15) is 42.6 Å². The van der Waals surface area contributed by atoms with Crippen LogP contribution in [0, 0.1) is 0 Å². The van der Waals surface area contributed by atoms with Crippen LogP contribution in [0.3, 0.4) is 0 Å². The number of nitrogens with one attached hydrogen (secondary N) is 1. The molecule has 6 heteroatoms. The molecule has 1 atom stereocenters. The van der Waals surface area contributed by atoms with Gasteiger partial charge in [-0.2, -0.15) is 0 Å². The van der Waals surface area contributed by atoms with Gasteiger partial charge in [0.05, 0.1) is 0 Å². The van der Waals surface area contributed by atoms with Crippen LogP contribution >= 0.6 is 0 Å². The first-order valence-corrected chi connectivity index (χ1v) is 10.2. The zero-order chi connectivity index (χ0) is 19.1. The molecule has 5 rings (SSSR count). The standard InChI is InChI=1S/C22H25N5O/c1-2-27-20(25-19-7-4-11-23-21(19)27)17-10-12-26(14-17)22(28)24-18-9-8-15-5-3-6-16(15)13-18/h4,7-9,11,13,17H,2-3,5-6,10,12,14H2,1H3,(H,24,28)/t17-/m0/s1. The zero-order valence-corrected chi connectivity index (χ0v) is 16.2. The molecule has 0 bridgehead atoms. The number of carbonyl (C=O) groups is 1. The van der Waals surface area contributed by atoms with E-state index in [1.54, 1.807) is 0 Å². The average Bonchev–Trinajstić information content (AvgIpc) is 3.44. The number of hydrogen-bond donors (Lipinski definition) is 1. The second kappa shape index (κ2) is 6.93. The number of hydrogen-bond acceptors (Lipinski definition) is 3. The molecule has 2 aromatic heterocycles. The number of pyridine rings is 1. The lowest BCUT2D eigenvalue weighted by atomic mass is 10.1. The number of urea groups is 1. The van der Waals surface area contributed by atoms with Crippen LogP contribution in [0.2, 0.25) is 0 Å². The highest BCUT2D eigenvalue weighted by molar-refractivity contribution is 5.89. The molecule has 1 fully saturated rings. The van der Waals surface area contributed by atoms with E-state index in [4.69, 9.17) is 4.98 Å². The van der Waals surface area contributed by atoms with Crippen LogP contribution in [0.15, 0.2) is 36.5 Å². The van der Waals surface area contributed by atoms with E-state index in [-0.39, 0.29) is 11.9 Å². The first-order valence-electron chi connectivity index (χ1n) is 10.2. The first kappa shape index (κ1) is 17.2. The number of aromatic nitrogens is 3. The van der Waals surface area contributed by atoms with E-state index >= 15 is 0 Å². The van der Waals surface area contributed by atoms with Gasteiger partial charge in [0.15, 0.2) is 5.65 Å². The van der Waals surface area contributed by atoms with Gasteiger partial charge in [-0.25, -0.2) is 14.8 Å². The van der Waals surface area contributed by atoms with Gasteiger partial charge in [-0.1, -0.05) is 6.07 Å². The summed E-state index contributed by atoms with van der Waals surface area (Å²) < 4.78 is 2.18. The van der Waals surface area contributed by atoms with Gasteiger partial charge in [0.2, 0.25) is 0 Å². The molecule has 1 aliphatic heterocycles. The lowest BCUT2D eigenvalue weighted by Crippen LogP contribution is -2.33. The second-order valence-corrected chi connectivity index (χ2v) is 7.76. The lowest BCUT2D eigenvalue weighted by molar-refractivity contribution is 0.222. The van der Waals surface area contributed by atoms with E-state index in [0.29, 0.717) is 6.54 Å². The molecule has 1 aromatic carbocycles. The quantitative estimate of drug-likeness (QED) is 0.754. The Kier molecular flexibility index (Phi) is 4.26. The summed E-state index contributed by atoms with van der Waals surface area (Å²) in [6.45, 7) is 4.40. The second-order valence-electron chi connectivity index (χ2n) is 7.76. The van der Waals surface area contributed by atoms with Gasteiger partial charge >= 0.3 is 6.03 Å². The normalized spacial score (nSPS) is 18.6. The summed E-state index contributed by atoms with van der Waals surface area (Å²) in [5.74, 6) is 1.30. The maximum absolute atomic E-state index is 12.8. The van der Waals surface area contributed by atoms with Crippen molar-refractivity contribution in [1.29, 1.82) is 0 Å². The fourth-order valence-corrected chi connectivity index (χ4v) is 4.61. The highest BCUT2D eigenvalue weighted by Gasteiger charge is 2.31. The van der Waals surface area contributed by atoms with Crippen LogP contribution in [0.25, 0.3) is 11.2 Å². The molecule has 2 amide bonds. The number of anilines is 1. The Morgan fingerprint density at radius 2 is 2.14 bits per heavy atom. The van der Waals surface area contributed by atoms with Crippen molar-refractivity contribution >= 4 is 22.9 Å². The maximum atomic E-state index is 12.8. The Bertz CT molecular complexity index is 1040. The van der Waals surface area contributed by atoms with Gasteiger partial charge in [-0.05, 0) is 68.0 Å². The summed E-state index contributed by atoms with van der Waals surface area (Å²) >= 11 is 0. The van der Waals surface area contributed by atoms with Crippen molar-refractivity contribution in [3.05, 3.63) is 53.5 Å². The molecular formula is C22H25N5O. The number of likely N-dealkylation sites (tertiary alicyclic amines) is 1. The van der Waals surface area contributed by atoms with Gasteiger partial charge in [-0.15, -0.1) is 0 Å². The molecule has 3 heterocycles. The Morgan fingerprint density at radius 3 is 3.04 bits per heavy atom. The van der Waals surface area contributed by atoms with E-state index in [0.717, 1.165) is 55.0 Å². The number of carbonyl (C=O) groups excluding carboxylic acids is 1. The predicted octanol–water partition coefficient (Wildman–Crippen LogP) is 3.96. The molecule has 0 saturated carbocycles. The average molecular weight is 375 g/mol. The third-order valence-electron chi connectivity index (χ3n) is 6.04. The Morgan fingerprint density at radius 1 is 1.25 bits per heavy atom. The number of imidazole rings is 1. The van der Waals surface area contributed by atoms with E-state index in [1.807, 2.05) is 29.3 Å². The molecule has 0 radical (unpaired) electrons. The Hall–Kier alpha value is -2.89. The Labute approximate surface area is 164 Å². The van der Waals surface area contributed by atoms with Crippen molar-refractivity contribution in [1.82, 2.24) is 19.4 Å². The van der Waals surface area contributed by atoms with Gasteiger partial charge in [0.25, 0.3) is 0 Å². The molecule has 3 aromatic rings. The smallest absolute Gasteiger partial charge is 0.321 e.